The molecular formula is C22H40O6. The third-order valence-corrected chi connectivity index (χ3v) is 6.43. The van der Waals surface area contributed by atoms with Crippen LogP contribution >= 0.6 is 0 Å². The van der Waals surface area contributed by atoms with E-state index in [-0.39, 0.29) is 6.42 Å². The van der Waals surface area contributed by atoms with Gasteiger partial charge in [-0.1, -0.05) is 52.0 Å². The molecule has 28 heavy (non-hydrogen) atoms. The van der Waals surface area contributed by atoms with Crippen LogP contribution in [0.1, 0.15) is 71.6 Å². The van der Waals surface area contributed by atoms with Crippen molar-refractivity contribution in [3.8, 4) is 0 Å². The van der Waals surface area contributed by atoms with Gasteiger partial charge in [0.15, 0.2) is 0 Å². The molecular weight excluding hydrogens is 360 g/mol. The normalized spacial score (nSPS) is 39.5. The number of aliphatic hydroxyl groups excluding tert-OH is 5. The van der Waals surface area contributed by atoms with Gasteiger partial charge < -0.3 is 30.3 Å². The molecule has 6 nitrogen and oxygen atoms in total. The summed E-state index contributed by atoms with van der Waals surface area (Å²) in [5, 5.41) is 51.2. The Labute approximate surface area is 169 Å². The van der Waals surface area contributed by atoms with Gasteiger partial charge in [0.1, 0.15) is 18.3 Å². The molecule has 0 radical (unpaired) electrons. The van der Waals surface area contributed by atoms with Crippen molar-refractivity contribution in [1.82, 2.24) is 0 Å². The lowest BCUT2D eigenvalue weighted by molar-refractivity contribution is -0.116. The van der Waals surface area contributed by atoms with E-state index in [0.717, 1.165) is 32.1 Å². The zero-order valence-corrected chi connectivity index (χ0v) is 17.4. The van der Waals surface area contributed by atoms with Crippen molar-refractivity contribution in [2.24, 2.45) is 11.8 Å². The molecule has 2 rings (SSSR count). The summed E-state index contributed by atoms with van der Waals surface area (Å²) in [7, 11) is 0. The molecule has 0 aromatic carbocycles. The molecule has 8 unspecified atom stereocenters. The summed E-state index contributed by atoms with van der Waals surface area (Å²) in [5.74, 6) is 0.751. The quantitative estimate of drug-likeness (QED) is 0.299. The van der Waals surface area contributed by atoms with Crippen LogP contribution in [-0.2, 0) is 4.74 Å². The lowest BCUT2D eigenvalue weighted by Crippen LogP contribution is -2.42. The van der Waals surface area contributed by atoms with Crippen molar-refractivity contribution < 1.29 is 30.3 Å². The standard InChI is InChI=1S/C22H40O6/c1-3-5-7-9-15-11-17(24)16(10-14(15)8-6-4-2)22-19(26)12-18(25)21(27)20(13-23)28-22/h10,14-15,17-27H,3-9,11-13H2,1-2H3. The van der Waals surface area contributed by atoms with Crippen LogP contribution in [0.15, 0.2) is 11.6 Å². The summed E-state index contributed by atoms with van der Waals surface area (Å²) in [6.07, 6.45) is 4.57. The SMILES string of the molecule is CCCCCC1CC(O)C(C2OC(CO)C(O)C(O)CC2O)=CC1CCCC. The molecule has 0 amide bonds. The Bertz CT molecular complexity index is 482. The maximum Gasteiger partial charge on any atom is 0.110 e. The third-order valence-electron chi connectivity index (χ3n) is 6.43. The van der Waals surface area contributed by atoms with Gasteiger partial charge in [-0.3, -0.25) is 0 Å². The van der Waals surface area contributed by atoms with Crippen LogP contribution < -0.4 is 0 Å². The first-order chi connectivity index (χ1) is 13.4. The van der Waals surface area contributed by atoms with Gasteiger partial charge in [0, 0.05) is 6.42 Å². The molecule has 1 heterocycles. The predicted octanol–water partition coefficient (Wildman–Crippen LogP) is 1.91. The van der Waals surface area contributed by atoms with Gasteiger partial charge in [0.2, 0.25) is 0 Å². The van der Waals surface area contributed by atoms with E-state index in [1.165, 1.54) is 12.8 Å². The second-order valence-corrected chi connectivity index (χ2v) is 8.62. The van der Waals surface area contributed by atoms with Crippen molar-refractivity contribution in [3.05, 3.63) is 11.6 Å². The molecule has 0 aromatic rings. The number of ether oxygens (including phenoxy) is 1. The fourth-order valence-electron chi connectivity index (χ4n) is 4.69. The highest BCUT2D eigenvalue weighted by Gasteiger charge is 2.42. The highest BCUT2D eigenvalue weighted by molar-refractivity contribution is 5.22. The number of aliphatic hydroxyl groups is 5. The van der Waals surface area contributed by atoms with Crippen LogP contribution in [0.2, 0.25) is 0 Å². The van der Waals surface area contributed by atoms with Crippen molar-refractivity contribution in [1.29, 1.82) is 0 Å². The molecule has 1 fully saturated rings. The maximum atomic E-state index is 10.8. The fourth-order valence-corrected chi connectivity index (χ4v) is 4.69. The van der Waals surface area contributed by atoms with Crippen LogP contribution in [0.3, 0.4) is 0 Å². The molecule has 1 saturated heterocycles. The Hall–Kier alpha value is -0.500. The van der Waals surface area contributed by atoms with E-state index >= 15 is 0 Å². The second kappa shape index (κ2) is 11.6. The zero-order valence-electron chi connectivity index (χ0n) is 17.4. The van der Waals surface area contributed by atoms with Gasteiger partial charge in [-0.05, 0) is 36.7 Å². The van der Waals surface area contributed by atoms with E-state index in [9.17, 15) is 25.5 Å². The summed E-state index contributed by atoms with van der Waals surface area (Å²) >= 11 is 0. The summed E-state index contributed by atoms with van der Waals surface area (Å²) in [6, 6.07) is 0. The van der Waals surface area contributed by atoms with Gasteiger partial charge >= 0.3 is 0 Å². The van der Waals surface area contributed by atoms with Crippen LogP contribution in [-0.4, -0.2) is 68.8 Å². The van der Waals surface area contributed by atoms with Crippen LogP contribution in [0, 0.1) is 11.8 Å². The Kier molecular flexibility index (Phi) is 9.87. The van der Waals surface area contributed by atoms with Gasteiger partial charge in [-0.25, -0.2) is 0 Å². The molecule has 6 heteroatoms. The van der Waals surface area contributed by atoms with Crippen molar-refractivity contribution >= 4 is 0 Å². The molecule has 1 aliphatic carbocycles. The summed E-state index contributed by atoms with van der Waals surface area (Å²) in [5.41, 5.74) is 0.639. The third kappa shape index (κ3) is 6.00. The number of rotatable bonds is 9. The van der Waals surface area contributed by atoms with Crippen molar-refractivity contribution in [2.45, 2.75) is 108 Å². The molecule has 5 N–H and O–H groups in total. The molecule has 0 aromatic heterocycles. The van der Waals surface area contributed by atoms with Crippen LogP contribution in [0.5, 0.6) is 0 Å². The Morgan fingerprint density at radius 2 is 1.64 bits per heavy atom. The lowest BCUT2D eigenvalue weighted by Gasteiger charge is -2.38. The molecule has 8 atom stereocenters. The topological polar surface area (TPSA) is 110 Å². The van der Waals surface area contributed by atoms with Crippen LogP contribution in [0.25, 0.3) is 0 Å². The monoisotopic (exact) mass is 400 g/mol. The zero-order chi connectivity index (χ0) is 20.7. The largest absolute Gasteiger partial charge is 0.394 e. The molecule has 164 valence electrons. The Balaban J connectivity index is 2.22. The number of unbranched alkanes of at least 4 members (excludes halogenated alkanes) is 3. The van der Waals surface area contributed by atoms with E-state index < -0.39 is 43.2 Å². The van der Waals surface area contributed by atoms with E-state index in [1.54, 1.807) is 0 Å². The summed E-state index contributed by atoms with van der Waals surface area (Å²) < 4.78 is 5.81. The Morgan fingerprint density at radius 1 is 0.929 bits per heavy atom. The Morgan fingerprint density at radius 3 is 2.29 bits per heavy atom. The second-order valence-electron chi connectivity index (χ2n) is 8.62. The number of hydrogen-bond acceptors (Lipinski definition) is 6. The number of allylic oxidation sites excluding steroid dienone is 1. The minimum atomic E-state index is -1.26. The summed E-state index contributed by atoms with van der Waals surface area (Å²) in [6.45, 7) is 3.90. The molecule has 1 aliphatic heterocycles. The first-order valence-electron chi connectivity index (χ1n) is 11.1. The van der Waals surface area contributed by atoms with Crippen molar-refractivity contribution in [3.63, 3.8) is 0 Å². The minimum Gasteiger partial charge on any atom is -0.394 e. The fraction of sp³-hybridized carbons (Fsp3) is 0.909. The molecule has 0 saturated carbocycles. The number of hydrogen-bond donors (Lipinski definition) is 5. The average molecular weight is 401 g/mol. The first kappa shape index (κ1) is 23.8. The molecule has 2 aliphatic rings. The maximum absolute atomic E-state index is 10.8. The van der Waals surface area contributed by atoms with Gasteiger partial charge in [-0.15, -0.1) is 0 Å². The highest BCUT2D eigenvalue weighted by Crippen LogP contribution is 2.39. The minimum absolute atomic E-state index is 0.0497. The molecule has 0 spiro atoms. The van der Waals surface area contributed by atoms with Gasteiger partial charge in [0.05, 0.1) is 24.9 Å². The van der Waals surface area contributed by atoms with Gasteiger partial charge in [-0.2, -0.15) is 0 Å². The predicted molar refractivity (Wildman–Crippen MR) is 108 cm³/mol. The summed E-state index contributed by atoms with van der Waals surface area (Å²) in [4.78, 5) is 0. The van der Waals surface area contributed by atoms with E-state index in [1.807, 2.05) is 0 Å². The highest BCUT2D eigenvalue weighted by atomic mass is 16.5. The lowest BCUT2D eigenvalue weighted by atomic mass is 9.73. The van der Waals surface area contributed by atoms with Gasteiger partial charge in [0.25, 0.3) is 0 Å². The molecule has 0 bridgehead atoms. The van der Waals surface area contributed by atoms with E-state index in [4.69, 9.17) is 4.74 Å². The smallest absolute Gasteiger partial charge is 0.110 e. The van der Waals surface area contributed by atoms with E-state index in [2.05, 4.69) is 19.9 Å². The van der Waals surface area contributed by atoms with Crippen molar-refractivity contribution in [2.75, 3.05) is 6.61 Å². The van der Waals surface area contributed by atoms with Crippen LogP contribution in [0.4, 0.5) is 0 Å². The van der Waals surface area contributed by atoms with E-state index in [0.29, 0.717) is 23.8 Å². The first-order valence-corrected chi connectivity index (χ1v) is 11.1. The average Bonchev–Trinajstić information content (AvgIpc) is 2.78.